The molecule has 0 radical (unpaired) electrons. The number of esters is 1. The van der Waals surface area contributed by atoms with Crippen LogP contribution in [-0.2, 0) is 4.74 Å². The minimum Gasteiger partial charge on any atom is -0.462 e. The second-order valence-corrected chi connectivity index (χ2v) is 6.36. The van der Waals surface area contributed by atoms with Crippen molar-refractivity contribution in [3.05, 3.63) is 34.1 Å². The molecule has 0 N–H and O–H groups in total. The van der Waals surface area contributed by atoms with Crippen LogP contribution in [0.3, 0.4) is 0 Å². The summed E-state index contributed by atoms with van der Waals surface area (Å²) in [5.41, 5.74) is 3.17. The van der Waals surface area contributed by atoms with E-state index < -0.39 is 0 Å². The predicted octanol–water partition coefficient (Wildman–Crippen LogP) is 4.12. The van der Waals surface area contributed by atoms with Gasteiger partial charge in [0.1, 0.15) is 0 Å². The summed E-state index contributed by atoms with van der Waals surface area (Å²) in [6.07, 6.45) is 0. The number of carbonyl (C=O) groups is 1. The fraction of sp³-hybridized carbons (Fsp3) is 0.438. The first kappa shape index (κ1) is 15.6. The van der Waals surface area contributed by atoms with Crippen LogP contribution < -0.4 is 0 Å². The van der Waals surface area contributed by atoms with Gasteiger partial charge in [-0.1, -0.05) is 13.8 Å². The van der Waals surface area contributed by atoms with Crippen LogP contribution in [0.1, 0.15) is 53.4 Å². The lowest BCUT2D eigenvalue weighted by molar-refractivity contribution is 0.0524. The first-order valence-electron chi connectivity index (χ1n) is 7.06. The Hall–Kier alpha value is -1.75. The number of aromatic nitrogens is 2. The molecule has 5 heteroatoms. The van der Waals surface area contributed by atoms with E-state index in [1.165, 1.54) is 0 Å². The van der Waals surface area contributed by atoms with Gasteiger partial charge >= 0.3 is 5.97 Å². The third-order valence-electron chi connectivity index (χ3n) is 3.10. The van der Waals surface area contributed by atoms with E-state index in [0.29, 0.717) is 12.2 Å². The topological polar surface area (TPSA) is 52.1 Å². The largest absolute Gasteiger partial charge is 0.462 e. The van der Waals surface area contributed by atoms with Crippen molar-refractivity contribution >= 4 is 17.3 Å². The Balaban J connectivity index is 2.50. The summed E-state index contributed by atoms with van der Waals surface area (Å²) in [4.78, 5) is 22.2. The molecule has 2 rings (SSSR count). The number of nitrogens with zero attached hydrogens (tertiary/aromatic N) is 2. The number of hydrogen-bond donors (Lipinski definition) is 0. The van der Waals surface area contributed by atoms with Gasteiger partial charge in [-0.15, -0.1) is 11.3 Å². The van der Waals surface area contributed by atoms with E-state index in [-0.39, 0.29) is 11.9 Å². The van der Waals surface area contributed by atoms with Gasteiger partial charge in [0.05, 0.1) is 39.1 Å². The first-order valence-corrected chi connectivity index (χ1v) is 7.88. The van der Waals surface area contributed by atoms with Gasteiger partial charge in [-0.25, -0.2) is 9.78 Å². The Bertz CT molecular complexity index is 662. The molecule has 0 spiro atoms. The number of thiazole rings is 1. The molecule has 0 saturated carbocycles. The zero-order valence-electron chi connectivity index (χ0n) is 13.1. The molecular formula is C16H20N2O2S. The van der Waals surface area contributed by atoms with Crippen molar-refractivity contribution in [3.8, 4) is 10.6 Å². The molecule has 2 heterocycles. The highest BCUT2D eigenvalue weighted by Crippen LogP contribution is 2.30. The lowest BCUT2D eigenvalue weighted by Gasteiger charge is -2.12. The van der Waals surface area contributed by atoms with Gasteiger partial charge in [-0.2, -0.15) is 0 Å². The number of ether oxygens (including phenoxy) is 1. The Morgan fingerprint density at radius 1 is 1.29 bits per heavy atom. The summed E-state index contributed by atoms with van der Waals surface area (Å²) in [6, 6.07) is 3.68. The maximum Gasteiger partial charge on any atom is 0.339 e. The molecule has 0 aromatic carbocycles. The summed E-state index contributed by atoms with van der Waals surface area (Å²) >= 11 is 1.62. The van der Waals surface area contributed by atoms with Crippen LogP contribution >= 0.6 is 11.3 Å². The third-order valence-corrected chi connectivity index (χ3v) is 4.20. The zero-order valence-corrected chi connectivity index (χ0v) is 13.9. The van der Waals surface area contributed by atoms with E-state index in [0.717, 1.165) is 27.0 Å². The van der Waals surface area contributed by atoms with Crippen molar-refractivity contribution in [1.82, 2.24) is 9.97 Å². The molecule has 0 fully saturated rings. The fourth-order valence-corrected chi connectivity index (χ4v) is 3.08. The number of pyridine rings is 1. The van der Waals surface area contributed by atoms with E-state index in [2.05, 4.69) is 9.97 Å². The molecular weight excluding hydrogens is 284 g/mol. The van der Waals surface area contributed by atoms with Crippen LogP contribution in [0, 0.1) is 13.8 Å². The lowest BCUT2D eigenvalue weighted by atomic mass is 10.0. The molecule has 0 saturated heterocycles. The quantitative estimate of drug-likeness (QED) is 0.797. The Labute approximate surface area is 129 Å². The average Bonchev–Trinajstić information content (AvgIpc) is 2.77. The lowest BCUT2D eigenvalue weighted by Crippen LogP contribution is -2.11. The molecule has 4 nitrogen and oxygen atoms in total. The number of rotatable bonds is 4. The zero-order chi connectivity index (χ0) is 15.6. The van der Waals surface area contributed by atoms with Crippen molar-refractivity contribution in [3.63, 3.8) is 0 Å². The van der Waals surface area contributed by atoms with Crippen molar-refractivity contribution in [2.45, 2.75) is 40.5 Å². The van der Waals surface area contributed by atoms with E-state index in [4.69, 9.17) is 4.74 Å². The van der Waals surface area contributed by atoms with Gasteiger partial charge in [0.2, 0.25) is 0 Å². The fourth-order valence-electron chi connectivity index (χ4n) is 2.19. The minimum atomic E-state index is -0.308. The van der Waals surface area contributed by atoms with E-state index in [9.17, 15) is 4.79 Å². The molecule has 0 aliphatic carbocycles. The van der Waals surface area contributed by atoms with Crippen molar-refractivity contribution in [1.29, 1.82) is 0 Å². The Morgan fingerprint density at radius 2 is 2.00 bits per heavy atom. The van der Waals surface area contributed by atoms with Crippen LogP contribution in [0.15, 0.2) is 12.1 Å². The summed E-state index contributed by atoms with van der Waals surface area (Å²) in [7, 11) is 0. The number of carbonyl (C=O) groups excluding carboxylic acids is 1. The van der Waals surface area contributed by atoms with Crippen LogP contribution in [0.5, 0.6) is 0 Å². The SMILES string of the molecule is CCOC(=O)c1ccc(-c2sc(C)nc2C)nc1C(C)C. The van der Waals surface area contributed by atoms with Gasteiger partial charge in [0.15, 0.2) is 0 Å². The molecule has 0 aliphatic rings. The maximum atomic E-state index is 12.0. The first-order chi connectivity index (χ1) is 9.93. The van der Waals surface area contributed by atoms with E-state index in [1.807, 2.05) is 39.8 Å². The summed E-state index contributed by atoms with van der Waals surface area (Å²) in [5.74, 6) is -0.156. The summed E-state index contributed by atoms with van der Waals surface area (Å²) < 4.78 is 5.10. The van der Waals surface area contributed by atoms with E-state index in [1.54, 1.807) is 18.3 Å². The van der Waals surface area contributed by atoms with Crippen molar-refractivity contribution in [2.24, 2.45) is 0 Å². The highest BCUT2D eigenvalue weighted by molar-refractivity contribution is 7.15. The second-order valence-electron chi connectivity index (χ2n) is 5.15. The van der Waals surface area contributed by atoms with Gasteiger partial charge in [-0.05, 0) is 38.8 Å². The molecule has 0 amide bonds. The van der Waals surface area contributed by atoms with Gasteiger partial charge < -0.3 is 4.74 Å². The van der Waals surface area contributed by atoms with Gasteiger partial charge in [-0.3, -0.25) is 4.98 Å². The average molecular weight is 304 g/mol. The standard InChI is InChI=1S/C16H20N2O2S/c1-6-20-16(19)12-7-8-13(18-14(12)9(2)3)15-10(4)17-11(5)21-15/h7-9H,6H2,1-5H3. The monoisotopic (exact) mass is 304 g/mol. The normalized spacial score (nSPS) is 11.0. The number of hydrogen-bond acceptors (Lipinski definition) is 5. The molecule has 0 atom stereocenters. The summed E-state index contributed by atoms with van der Waals surface area (Å²) in [6.45, 7) is 10.2. The van der Waals surface area contributed by atoms with E-state index >= 15 is 0 Å². The van der Waals surface area contributed by atoms with Crippen LogP contribution in [0.25, 0.3) is 10.6 Å². The third kappa shape index (κ3) is 3.29. The van der Waals surface area contributed by atoms with Crippen LogP contribution in [0.4, 0.5) is 0 Å². The van der Waals surface area contributed by atoms with Gasteiger partial charge in [0, 0.05) is 0 Å². The second kappa shape index (κ2) is 6.35. The molecule has 112 valence electrons. The molecule has 0 aliphatic heterocycles. The van der Waals surface area contributed by atoms with Crippen LogP contribution in [-0.4, -0.2) is 22.5 Å². The Morgan fingerprint density at radius 3 is 2.52 bits per heavy atom. The smallest absolute Gasteiger partial charge is 0.339 e. The van der Waals surface area contributed by atoms with Crippen molar-refractivity contribution < 1.29 is 9.53 Å². The molecule has 21 heavy (non-hydrogen) atoms. The maximum absolute atomic E-state index is 12.0. The number of aryl methyl sites for hydroxylation is 2. The minimum absolute atomic E-state index is 0.152. The highest BCUT2D eigenvalue weighted by atomic mass is 32.1. The van der Waals surface area contributed by atoms with Gasteiger partial charge in [0.25, 0.3) is 0 Å². The van der Waals surface area contributed by atoms with Crippen molar-refractivity contribution in [2.75, 3.05) is 6.61 Å². The van der Waals surface area contributed by atoms with Crippen LogP contribution in [0.2, 0.25) is 0 Å². The molecule has 0 unspecified atom stereocenters. The highest BCUT2D eigenvalue weighted by Gasteiger charge is 2.19. The molecule has 0 bridgehead atoms. The molecule has 2 aromatic rings. The predicted molar refractivity (Wildman–Crippen MR) is 84.9 cm³/mol. The summed E-state index contributed by atoms with van der Waals surface area (Å²) in [5, 5.41) is 1.02. The molecule has 2 aromatic heterocycles. The Kier molecular flexibility index (Phi) is 4.73.